The van der Waals surface area contributed by atoms with E-state index in [-0.39, 0.29) is 5.56 Å². The summed E-state index contributed by atoms with van der Waals surface area (Å²) in [5, 5.41) is 8.79. The number of alkyl halides is 3. The molecule has 1 rings (SSSR count). The van der Waals surface area contributed by atoms with E-state index in [1.54, 1.807) is 0 Å². The molecule has 0 saturated heterocycles. The van der Waals surface area contributed by atoms with E-state index in [0.29, 0.717) is 5.75 Å². The Bertz CT molecular complexity index is 384. The Morgan fingerprint density at radius 1 is 1.35 bits per heavy atom. The molecule has 0 saturated carbocycles. The first-order valence-electron chi connectivity index (χ1n) is 4.77. The molecule has 0 aliphatic heterocycles. The van der Waals surface area contributed by atoms with Crippen LogP contribution in [-0.2, 0) is 4.79 Å². The lowest BCUT2D eigenvalue weighted by atomic mass is 9.95. The van der Waals surface area contributed by atoms with Gasteiger partial charge >= 0.3 is 12.1 Å². The molecule has 1 atom stereocenters. The van der Waals surface area contributed by atoms with Gasteiger partial charge in [-0.3, -0.25) is 4.79 Å². The first kappa shape index (κ1) is 13.3. The van der Waals surface area contributed by atoms with Crippen molar-refractivity contribution in [2.24, 2.45) is 0 Å². The first-order chi connectivity index (χ1) is 7.83. The van der Waals surface area contributed by atoms with Crippen LogP contribution in [0, 0.1) is 0 Å². The Kier molecular flexibility index (Phi) is 3.98. The number of methoxy groups -OCH3 is 1. The van der Waals surface area contributed by atoms with E-state index >= 15 is 0 Å². The molecular weight excluding hydrogens is 237 g/mol. The zero-order chi connectivity index (χ0) is 13.1. The van der Waals surface area contributed by atoms with Crippen LogP contribution < -0.4 is 4.74 Å². The van der Waals surface area contributed by atoms with Crippen molar-refractivity contribution in [2.45, 2.75) is 18.5 Å². The minimum absolute atomic E-state index is 0.107. The maximum Gasteiger partial charge on any atom is 0.390 e. The predicted octanol–water partition coefficient (Wildman–Crippen LogP) is 2.82. The molecule has 0 aliphatic carbocycles. The zero-order valence-corrected chi connectivity index (χ0v) is 8.99. The van der Waals surface area contributed by atoms with Gasteiger partial charge in [0.15, 0.2) is 0 Å². The van der Waals surface area contributed by atoms with Gasteiger partial charge in [0, 0.05) is 0 Å². The summed E-state index contributed by atoms with van der Waals surface area (Å²) in [7, 11) is 1.42. The smallest absolute Gasteiger partial charge is 0.390 e. The summed E-state index contributed by atoms with van der Waals surface area (Å²) in [5.41, 5.74) is 0.107. The SMILES string of the molecule is COc1ccc([C@H](CC(F)(F)F)C(=O)O)cc1. The summed E-state index contributed by atoms with van der Waals surface area (Å²) in [6, 6.07) is 5.51. The number of benzene rings is 1. The summed E-state index contributed by atoms with van der Waals surface area (Å²) in [6.07, 6.45) is -5.89. The fraction of sp³-hybridized carbons (Fsp3) is 0.364. The monoisotopic (exact) mass is 248 g/mol. The van der Waals surface area contributed by atoms with Gasteiger partial charge in [-0.2, -0.15) is 13.2 Å². The van der Waals surface area contributed by atoms with E-state index in [0.717, 1.165) is 0 Å². The molecule has 17 heavy (non-hydrogen) atoms. The van der Waals surface area contributed by atoms with Gasteiger partial charge in [0.25, 0.3) is 0 Å². The number of carbonyl (C=O) groups is 1. The fourth-order valence-electron chi connectivity index (χ4n) is 1.42. The Hall–Kier alpha value is -1.72. The van der Waals surface area contributed by atoms with Crippen molar-refractivity contribution >= 4 is 5.97 Å². The van der Waals surface area contributed by atoms with Crippen molar-refractivity contribution in [3.8, 4) is 5.75 Å². The number of hydrogen-bond donors (Lipinski definition) is 1. The van der Waals surface area contributed by atoms with Crippen LogP contribution in [0.3, 0.4) is 0 Å². The molecule has 0 amide bonds. The summed E-state index contributed by atoms with van der Waals surface area (Å²) < 4.78 is 41.5. The topological polar surface area (TPSA) is 46.5 Å². The van der Waals surface area contributed by atoms with Gasteiger partial charge < -0.3 is 9.84 Å². The predicted molar refractivity (Wildman–Crippen MR) is 54.0 cm³/mol. The lowest BCUT2D eigenvalue weighted by Crippen LogP contribution is -2.20. The highest BCUT2D eigenvalue weighted by Gasteiger charge is 2.36. The third-order valence-corrected chi connectivity index (χ3v) is 2.25. The minimum Gasteiger partial charge on any atom is -0.497 e. The molecule has 0 heterocycles. The molecule has 0 aromatic heterocycles. The minimum atomic E-state index is -4.51. The van der Waals surface area contributed by atoms with Crippen LogP contribution in [0.15, 0.2) is 24.3 Å². The van der Waals surface area contributed by atoms with Crippen molar-refractivity contribution in [1.82, 2.24) is 0 Å². The lowest BCUT2D eigenvalue weighted by Gasteiger charge is -2.15. The van der Waals surface area contributed by atoms with Crippen molar-refractivity contribution in [1.29, 1.82) is 0 Å². The largest absolute Gasteiger partial charge is 0.497 e. The van der Waals surface area contributed by atoms with E-state index in [1.165, 1.54) is 31.4 Å². The molecule has 1 aromatic rings. The average molecular weight is 248 g/mol. The van der Waals surface area contributed by atoms with Crippen molar-refractivity contribution < 1.29 is 27.8 Å². The maximum absolute atomic E-state index is 12.2. The third-order valence-electron chi connectivity index (χ3n) is 2.25. The molecule has 0 spiro atoms. The zero-order valence-electron chi connectivity index (χ0n) is 8.99. The summed E-state index contributed by atoms with van der Waals surface area (Å²) in [5.74, 6) is -2.61. The van der Waals surface area contributed by atoms with Gasteiger partial charge in [0.1, 0.15) is 5.75 Å². The van der Waals surface area contributed by atoms with Gasteiger partial charge in [0.05, 0.1) is 19.4 Å². The third kappa shape index (κ3) is 3.97. The highest BCUT2D eigenvalue weighted by Crippen LogP contribution is 2.32. The van der Waals surface area contributed by atoms with E-state index in [9.17, 15) is 18.0 Å². The number of halogens is 3. The Morgan fingerprint density at radius 3 is 2.24 bits per heavy atom. The molecule has 3 nitrogen and oxygen atoms in total. The Morgan fingerprint density at radius 2 is 1.88 bits per heavy atom. The van der Waals surface area contributed by atoms with Crippen molar-refractivity contribution in [3.05, 3.63) is 29.8 Å². The van der Waals surface area contributed by atoms with Crippen LogP contribution in [0.4, 0.5) is 13.2 Å². The molecule has 6 heteroatoms. The van der Waals surface area contributed by atoms with Crippen LogP contribution in [-0.4, -0.2) is 24.4 Å². The van der Waals surface area contributed by atoms with Crippen molar-refractivity contribution in [2.75, 3.05) is 7.11 Å². The summed E-state index contributed by atoms with van der Waals surface area (Å²) in [6.45, 7) is 0. The normalized spacial score (nSPS) is 13.2. The number of carboxylic acids is 1. The van der Waals surface area contributed by atoms with E-state index in [1.807, 2.05) is 0 Å². The number of ether oxygens (including phenoxy) is 1. The van der Waals surface area contributed by atoms with Gasteiger partial charge in [-0.25, -0.2) is 0 Å². The molecule has 1 N–H and O–H groups in total. The Balaban J connectivity index is 2.94. The maximum atomic E-state index is 12.2. The van der Waals surface area contributed by atoms with E-state index in [4.69, 9.17) is 9.84 Å². The van der Waals surface area contributed by atoms with E-state index < -0.39 is 24.5 Å². The van der Waals surface area contributed by atoms with Crippen LogP contribution >= 0.6 is 0 Å². The molecule has 94 valence electrons. The highest BCUT2D eigenvalue weighted by atomic mass is 19.4. The number of aliphatic carboxylic acids is 1. The van der Waals surface area contributed by atoms with Crippen LogP contribution in [0.2, 0.25) is 0 Å². The quantitative estimate of drug-likeness (QED) is 0.891. The van der Waals surface area contributed by atoms with Gasteiger partial charge in [-0.05, 0) is 17.7 Å². The molecule has 0 bridgehead atoms. The molecule has 0 unspecified atom stereocenters. The van der Waals surface area contributed by atoms with Gasteiger partial charge in [-0.15, -0.1) is 0 Å². The average Bonchev–Trinajstić information content (AvgIpc) is 2.25. The van der Waals surface area contributed by atoms with Crippen LogP contribution in [0.5, 0.6) is 5.75 Å². The molecule has 1 aromatic carbocycles. The first-order valence-corrected chi connectivity index (χ1v) is 4.77. The highest BCUT2D eigenvalue weighted by molar-refractivity contribution is 5.76. The molecule has 0 fully saturated rings. The van der Waals surface area contributed by atoms with Gasteiger partial charge in [-0.1, -0.05) is 12.1 Å². The number of rotatable bonds is 4. The van der Waals surface area contributed by atoms with Gasteiger partial charge in [0.2, 0.25) is 0 Å². The fourth-order valence-corrected chi connectivity index (χ4v) is 1.42. The second-order valence-corrected chi connectivity index (χ2v) is 3.48. The molecule has 0 radical (unpaired) electrons. The Labute approximate surface area is 95.8 Å². The molecular formula is C11H11F3O3. The summed E-state index contributed by atoms with van der Waals surface area (Å²) >= 11 is 0. The number of carboxylic acid groups (broad SMARTS) is 1. The molecule has 0 aliphatic rings. The standard InChI is InChI=1S/C11H11F3O3/c1-17-8-4-2-7(3-5-8)9(10(15)16)6-11(12,13)14/h2-5,9H,6H2,1H3,(H,15,16)/t9-/m0/s1. The van der Waals surface area contributed by atoms with Crippen LogP contribution in [0.25, 0.3) is 0 Å². The second kappa shape index (κ2) is 5.07. The van der Waals surface area contributed by atoms with E-state index in [2.05, 4.69) is 0 Å². The summed E-state index contributed by atoms with van der Waals surface area (Å²) in [4.78, 5) is 10.8. The lowest BCUT2D eigenvalue weighted by molar-refractivity contribution is -0.157. The second-order valence-electron chi connectivity index (χ2n) is 3.48. The van der Waals surface area contributed by atoms with Crippen LogP contribution in [0.1, 0.15) is 17.9 Å². The number of hydrogen-bond acceptors (Lipinski definition) is 2. The van der Waals surface area contributed by atoms with Crippen molar-refractivity contribution in [3.63, 3.8) is 0 Å².